The molecule has 0 saturated carbocycles. The normalized spacial score (nSPS) is 13.8. The molecule has 55 heavy (non-hydrogen) atoms. The molecule has 5 rings (SSSR count). The molecule has 1 fully saturated rings. The number of carbonyl (C=O) groups excluding carboxylic acids is 3. The second-order valence-corrected chi connectivity index (χ2v) is 13.4. The van der Waals surface area contributed by atoms with E-state index >= 15 is 0 Å². The Morgan fingerprint density at radius 1 is 0.836 bits per heavy atom. The van der Waals surface area contributed by atoms with Crippen molar-refractivity contribution in [2.75, 3.05) is 58.4 Å². The average molecular weight is 757 g/mol. The summed E-state index contributed by atoms with van der Waals surface area (Å²) in [7, 11) is 3.27. The maximum atomic E-state index is 14.4. The van der Waals surface area contributed by atoms with Gasteiger partial charge in [-0.15, -0.1) is 0 Å². The molecule has 1 atom stereocenters. The summed E-state index contributed by atoms with van der Waals surface area (Å²) in [5.41, 5.74) is 3.18. The summed E-state index contributed by atoms with van der Waals surface area (Å²) in [5.74, 6) is 0.0147. The molecule has 1 heterocycles. The van der Waals surface area contributed by atoms with Gasteiger partial charge in [0.2, 0.25) is 17.7 Å². The number of hydrogen-bond donors (Lipinski definition) is 0. The SMILES string of the molecule is COc1cccc(COCCN(C)C(=O)[C@H](Cc2ccccc2)N(Cc2ccc(N3CCN(C(C)=O)CC3)cc2)C(=O)C=Cc2ccc(C(F)(F)F)cc2)c1. The fourth-order valence-corrected chi connectivity index (χ4v) is 6.36. The first kappa shape index (κ1) is 40.6. The van der Waals surface area contributed by atoms with E-state index < -0.39 is 23.7 Å². The van der Waals surface area contributed by atoms with E-state index in [1.54, 1.807) is 26.0 Å². The van der Waals surface area contributed by atoms with Crippen molar-refractivity contribution in [1.82, 2.24) is 14.7 Å². The van der Waals surface area contributed by atoms with E-state index in [4.69, 9.17) is 9.47 Å². The number of carbonyl (C=O) groups is 3. The molecule has 1 saturated heterocycles. The molecular formula is C43H47F3N4O5. The predicted octanol–water partition coefficient (Wildman–Crippen LogP) is 6.71. The number of alkyl halides is 3. The van der Waals surface area contributed by atoms with E-state index in [2.05, 4.69) is 4.90 Å². The molecule has 0 bridgehead atoms. The number of hydrogen-bond acceptors (Lipinski definition) is 6. The van der Waals surface area contributed by atoms with Gasteiger partial charge in [0.05, 0.1) is 25.9 Å². The highest BCUT2D eigenvalue weighted by Gasteiger charge is 2.32. The Balaban J connectivity index is 1.38. The Hall–Kier alpha value is -5.62. The summed E-state index contributed by atoms with van der Waals surface area (Å²) in [5, 5.41) is 0. The highest BCUT2D eigenvalue weighted by atomic mass is 19.4. The standard InChI is InChI=1S/C43H47F3N4O5/c1-32(51)48-22-24-49(25-23-48)38-19-14-35(15-20-38)30-50(41(52)21-16-33-12-17-37(18-13-33)43(44,45)46)40(29-34-8-5-4-6-9-34)42(53)47(2)26-27-55-31-36-10-7-11-39(28-36)54-3/h4-21,28,40H,22-27,29-31H2,1-3H3/t40-/m0/s1. The van der Waals surface area contributed by atoms with Crippen LogP contribution in [0.1, 0.15) is 34.7 Å². The van der Waals surface area contributed by atoms with Crippen molar-refractivity contribution in [3.8, 4) is 5.75 Å². The molecule has 0 radical (unpaired) electrons. The molecule has 0 aliphatic carbocycles. The van der Waals surface area contributed by atoms with E-state index in [0.29, 0.717) is 38.3 Å². The number of likely N-dealkylation sites (N-methyl/N-ethyl adjacent to an activating group) is 1. The first-order chi connectivity index (χ1) is 26.4. The van der Waals surface area contributed by atoms with E-state index in [1.165, 1.54) is 29.2 Å². The van der Waals surface area contributed by atoms with Crippen molar-refractivity contribution in [2.24, 2.45) is 0 Å². The van der Waals surface area contributed by atoms with Crippen molar-refractivity contribution < 1.29 is 37.0 Å². The molecule has 9 nitrogen and oxygen atoms in total. The first-order valence-corrected chi connectivity index (χ1v) is 18.2. The lowest BCUT2D eigenvalue weighted by molar-refractivity contribution is -0.143. The lowest BCUT2D eigenvalue weighted by atomic mass is 10.0. The van der Waals surface area contributed by atoms with Crippen LogP contribution in [0.2, 0.25) is 0 Å². The minimum absolute atomic E-state index is 0.0538. The third kappa shape index (κ3) is 11.7. The fraction of sp³-hybridized carbons (Fsp3) is 0.326. The number of nitrogens with zero attached hydrogens (tertiary/aromatic N) is 4. The lowest BCUT2D eigenvalue weighted by Crippen LogP contribution is -2.51. The molecule has 4 aromatic rings. The van der Waals surface area contributed by atoms with Crippen LogP contribution >= 0.6 is 0 Å². The van der Waals surface area contributed by atoms with E-state index in [9.17, 15) is 27.6 Å². The highest BCUT2D eigenvalue weighted by molar-refractivity contribution is 5.95. The quantitative estimate of drug-likeness (QED) is 0.0992. The van der Waals surface area contributed by atoms with Crippen molar-refractivity contribution >= 4 is 29.5 Å². The van der Waals surface area contributed by atoms with Gasteiger partial charge in [-0.1, -0.05) is 66.7 Å². The summed E-state index contributed by atoms with van der Waals surface area (Å²) < 4.78 is 50.8. The van der Waals surface area contributed by atoms with Gasteiger partial charge in [0.1, 0.15) is 11.8 Å². The van der Waals surface area contributed by atoms with Crippen LogP contribution in [0.25, 0.3) is 6.08 Å². The second kappa shape index (κ2) is 19.1. The third-order valence-corrected chi connectivity index (χ3v) is 9.60. The zero-order valence-electron chi connectivity index (χ0n) is 31.4. The van der Waals surface area contributed by atoms with Crippen LogP contribution in [0.5, 0.6) is 5.75 Å². The van der Waals surface area contributed by atoms with Gasteiger partial charge < -0.3 is 29.1 Å². The van der Waals surface area contributed by atoms with Crippen molar-refractivity contribution in [2.45, 2.75) is 38.7 Å². The molecule has 0 N–H and O–H groups in total. The molecule has 1 aliphatic rings. The molecule has 3 amide bonds. The van der Waals surface area contributed by atoms with Crippen LogP contribution in [0, 0.1) is 0 Å². The van der Waals surface area contributed by atoms with E-state index in [-0.39, 0.29) is 37.9 Å². The molecule has 1 aliphatic heterocycles. The van der Waals surface area contributed by atoms with Crippen LogP contribution in [0.4, 0.5) is 18.9 Å². The zero-order chi connectivity index (χ0) is 39.4. The Labute approximate surface area is 320 Å². The molecular weight excluding hydrogens is 709 g/mol. The topological polar surface area (TPSA) is 82.6 Å². The van der Waals surface area contributed by atoms with Crippen LogP contribution < -0.4 is 9.64 Å². The van der Waals surface area contributed by atoms with Gasteiger partial charge in [-0.25, -0.2) is 0 Å². The van der Waals surface area contributed by atoms with Gasteiger partial charge >= 0.3 is 6.18 Å². The number of piperazine rings is 1. The molecule has 0 aromatic heterocycles. The van der Waals surface area contributed by atoms with Crippen molar-refractivity contribution in [3.63, 3.8) is 0 Å². The molecule has 12 heteroatoms. The third-order valence-electron chi connectivity index (χ3n) is 9.60. The summed E-state index contributed by atoms with van der Waals surface area (Å²) in [6.45, 7) is 5.17. The first-order valence-electron chi connectivity index (χ1n) is 18.2. The van der Waals surface area contributed by atoms with E-state index in [1.807, 2.05) is 83.8 Å². The largest absolute Gasteiger partial charge is 0.497 e. The molecule has 0 unspecified atom stereocenters. The molecule has 290 valence electrons. The average Bonchev–Trinajstić information content (AvgIpc) is 3.20. The zero-order valence-corrected chi connectivity index (χ0v) is 31.4. The summed E-state index contributed by atoms with van der Waals surface area (Å²) in [6.07, 6.45) is -1.50. The second-order valence-electron chi connectivity index (χ2n) is 13.4. The highest BCUT2D eigenvalue weighted by Crippen LogP contribution is 2.29. The summed E-state index contributed by atoms with van der Waals surface area (Å²) in [4.78, 5) is 47.5. The Morgan fingerprint density at radius 3 is 2.15 bits per heavy atom. The van der Waals surface area contributed by atoms with Gasteiger partial charge in [-0.2, -0.15) is 13.2 Å². The molecule has 4 aromatic carbocycles. The maximum Gasteiger partial charge on any atom is 0.416 e. The minimum Gasteiger partial charge on any atom is -0.497 e. The summed E-state index contributed by atoms with van der Waals surface area (Å²) >= 11 is 0. The van der Waals surface area contributed by atoms with Crippen LogP contribution in [-0.2, 0) is 44.9 Å². The number of rotatable bonds is 15. The Kier molecular flexibility index (Phi) is 14.1. The lowest BCUT2D eigenvalue weighted by Gasteiger charge is -2.36. The smallest absolute Gasteiger partial charge is 0.416 e. The monoisotopic (exact) mass is 756 g/mol. The molecule has 0 spiro atoms. The van der Waals surface area contributed by atoms with Gasteiger partial charge in [0.15, 0.2) is 0 Å². The van der Waals surface area contributed by atoms with Crippen molar-refractivity contribution in [3.05, 3.63) is 137 Å². The Morgan fingerprint density at radius 2 is 1.51 bits per heavy atom. The minimum atomic E-state index is -4.48. The van der Waals surface area contributed by atoms with Crippen molar-refractivity contribution in [1.29, 1.82) is 0 Å². The van der Waals surface area contributed by atoms with Gasteiger partial charge in [0.25, 0.3) is 0 Å². The predicted molar refractivity (Wildman–Crippen MR) is 206 cm³/mol. The number of amides is 3. The number of benzene rings is 4. The van der Waals surface area contributed by atoms with E-state index in [0.717, 1.165) is 40.3 Å². The number of halogens is 3. The van der Waals surface area contributed by atoms with Crippen LogP contribution in [-0.4, -0.2) is 92.0 Å². The number of anilines is 1. The number of ether oxygens (including phenoxy) is 2. The fourth-order valence-electron chi connectivity index (χ4n) is 6.36. The number of methoxy groups -OCH3 is 1. The van der Waals surface area contributed by atoms with Crippen LogP contribution in [0.3, 0.4) is 0 Å². The van der Waals surface area contributed by atoms with Crippen LogP contribution in [0.15, 0.2) is 109 Å². The van der Waals surface area contributed by atoms with Gasteiger partial charge in [-0.05, 0) is 64.7 Å². The van der Waals surface area contributed by atoms with Gasteiger partial charge in [0, 0.05) is 71.4 Å². The summed E-state index contributed by atoms with van der Waals surface area (Å²) in [6, 6.07) is 28.4. The van der Waals surface area contributed by atoms with Gasteiger partial charge in [-0.3, -0.25) is 14.4 Å². The Bertz CT molecular complexity index is 1890. The maximum absolute atomic E-state index is 14.4.